The second-order valence-electron chi connectivity index (χ2n) is 5.28. The Morgan fingerprint density at radius 2 is 2.09 bits per heavy atom. The third-order valence-electron chi connectivity index (χ3n) is 3.95. The Morgan fingerprint density at radius 1 is 1.36 bits per heavy atom. The quantitative estimate of drug-likeness (QED) is 0.864. The van der Waals surface area contributed by atoms with Crippen LogP contribution in [0.2, 0.25) is 0 Å². The lowest BCUT2D eigenvalue weighted by Gasteiger charge is -2.26. The van der Waals surface area contributed by atoms with Gasteiger partial charge in [0.05, 0.1) is 16.3 Å². The Morgan fingerprint density at radius 3 is 2.73 bits per heavy atom. The Bertz CT molecular complexity index is 795. The van der Waals surface area contributed by atoms with Gasteiger partial charge in [-0.15, -0.1) is 11.3 Å². The van der Waals surface area contributed by atoms with Crippen LogP contribution in [0.25, 0.3) is 0 Å². The summed E-state index contributed by atoms with van der Waals surface area (Å²) in [5.41, 5.74) is 8.53. The standard InChI is InChI=1S/C16H16N2O3S/c1-8-9(2)22-16(17)14(8)15(20)10-4-5-12-11(6-10)18(3)13(19)7-21-12/h4-6H,7,17H2,1-3H3. The number of hydrogen-bond donors (Lipinski definition) is 1. The molecule has 0 unspecified atom stereocenters. The van der Waals surface area contributed by atoms with E-state index in [1.54, 1.807) is 25.2 Å². The molecule has 0 fully saturated rings. The fourth-order valence-corrected chi connectivity index (χ4v) is 3.43. The van der Waals surface area contributed by atoms with Gasteiger partial charge in [0.2, 0.25) is 0 Å². The first-order valence-corrected chi connectivity index (χ1v) is 7.65. The van der Waals surface area contributed by atoms with Crippen molar-refractivity contribution in [2.45, 2.75) is 13.8 Å². The van der Waals surface area contributed by atoms with Gasteiger partial charge < -0.3 is 15.4 Å². The SMILES string of the molecule is Cc1sc(N)c(C(=O)c2ccc3c(c2)N(C)C(=O)CO3)c1C. The monoisotopic (exact) mass is 316 g/mol. The molecule has 0 saturated carbocycles. The van der Waals surface area contributed by atoms with Crippen LogP contribution in [0.1, 0.15) is 26.4 Å². The van der Waals surface area contributed by atoms with Gasteiger partial charge in [0, 0.05) is 17.5 Å². The summed E-state index contributed by atoms with van der Waals surface area (Å²) in [5, 5.41) is 0.526. The van der Waals surface area contributed by atoms with Crippen LogP contribution >= 0.6 is 11.3 Å². The average molecular weight is 316 g/mol. The molecule has 2 heterocycles. The number of carbonyl (C=O) groups excluding carboxylic acids is 2. The number of nitrogens with zero attached hydrogens (tertiary/aromatic N) is 1. The number of benzene rings is 1. The third-order valence-corrected chi connectivity index (χ3v) is 4.98. The van der Waals surface area contributed by atoms with Crippen LogP contribution in [-0.2, 0) is 4.79 Å². The van der Waals surface area contributed by atoms with E-state index in [-0.39, 0.29) is 18.3 Å². The molecule has 2 aromatic rings. The number of nitrogens with two attached hydrogens (primary N) is 1. The highest BCUT2D eigenvalue weighted by molar-refractivity contribution is 7.16. The number of amides is 1. The number of fused-ring (bicyclic) bond motifs is 1. The number of aryl methyl sites for hydroxylation is 1. The van der Waals surface area contributed by atoms with Gasteiger partial charge in [-0.3, -0.25) is 9.59 Å². The van der Waals surface area contributed by atoms with E-state index < -0.39 is 0 Å². The molecule has 0 atom stereocenters. The van der Waals surface area contributed by atoms with Crippen molar-refractivity contribution in [1.82, 2.24) is 0 Å². The zero-order chi connectivity index (χ0) is 16.0. The van der Waals surface area contributed by atoms with Crippen molar-refractivity contribution in [3.05, 3.63) is 39.8 Å². The summed E-state index contributed by atoms with van der Waals surface area (Å²) in [5.74, 6) is 0.331. The fraction of sp³-hybridized carbons (Fsp3) is 0.250. The van der Waals surface area contributed by atoms with Crippen LogP contribution in [0.5, 0.6) is 5.75 Å². The second kappa shape index (κ2) is 5.14. The van der Waals surface area contributed by atoms with E-state index in [9.17, 15) is 9.59 Å². The topological polar surface area (TPSA) is 72.6 Å². The summed E-state index contributed by atoms with van der Waals surface area (Å²) < 4.78 is 5.37. The van der Waals surface area contributed by atoms with Crippen LogP contribution in [0.3, 0.4) is 0 Å². The Hall–Kier alpha value is -2.34. The highest BCUT2D eigenvalue weighted by Crippen LogP contribution is 2.35. The van der Waals surface area contributed by atoms with Crippen LogP contribution < -0.4 is 15.4 Å². The van der Waals surface area contributed by atoms with E-state index in [1.165, 1.54) is 16.2 Å². The maximum atomic E-state index is 12.8. The van der Waals surface area contributed by atoms with E-state index in [2.05, 4.69) is 0 Å². The molecule has 0 spiro atoms. The highest BCUT2D eigenvalue weighted by Gasteiger charge is 2.25. The number of rotatable bonds is 2. The smallest absolute Gasteiger partial charge is 0.264 e. The van der Waals surface area contributed by atoms with Crippen molar-refractivity contribution in [1.29, 1.82) is 0 Å². The minimum absolute atomic E-state index is 0.0204. The molecule has 2 N–H and O–H groups in total. The van der Waals surface area contributed by atoms with Crippen LogP contribution in [0.15, 0.2) is 18.2 Å². The molecule has 0 radical (unpaired) electrons. The van der Waals surface area contributed by atoms with Gasteiger partial charge in [0.15, 0.2) is 12.4 Å². The predicted octanol–water partition coefficient (Wildman–Crippen LogP) is 2.53. The molecule has 1 aliphatic heterocycles. The molecule has 0 aliphatic carbocycles. The zero-order valence-electron chi connectivity index (χ0n) is 12.6. The number of carbonyl (C=O) groups is 2. The summed E-state index contributed by atoms with van der Waals surface area (Å²) in [7, 11) is 1.67. The van der Waals surface area contributed by atoms with Gasteiger partial charge in [-0.1, -0.05) is 0 Å². The number of ether oxygens (including phenoxy) is 1. The van der Waals surface area contributed by atoms with Gasteiger partial charge in [-0.2, -0.15) is 0 Å². The van der Waals surface area contributed by atoms with Crippen molar-refractivity contribution in [2.24, 2.45) is 0 Å². The molecular weight excluding hydrogens is 300 g/mol. The Balaban J connectivity index is 2.06. The largest absolute Gasteiger partial charge is 0.482 e. The minimum Gasteiger partial charge on any atom is -0.482 e. The fourth-order valence-electron chi connectivity index (χ4n) is 2.49. The van der Waals surface area contributed by atoms with Crippen LogP contribution in [0.4, 0.5) is 10.7 Å². The first-order valence-electron chi connectivity index (χ1n) is 6.83. The van der Waals surface area contributed by atoms with Gasteiger partial charge in [0.1, 0.15) is 5.75 Å². The van der Waals surface area contributed by atoms with Gasteiger partial charge in [-0.25, -0.2) is 0 Å². The molecule has 22 heavy (non-hydrogen) atoms. The highest BCUT2D eigenvalue weighted by atomic mass is 32.1. The number of anilines is 2. The van der Waals surface area contributed by atoms with E-state index in [0.717, 1.165) is 10.4 Å². The number of likely N-dealkylation sites (N-methyl/N-ethyl adjacent to an activating group) is 1. The maximum absolute atomic E-state index is 12.8. The van der Waals surface area contributed by atoms with Crippen molar-refractivity contribution < 1.29 is 14.3 Å². The summed E-state index contributed by atoms with van der Waals surface area (Å²) in [6.45, 7) is 3.86. The maximum Gasteiger partial charge on any atom is 0.264 e. The van der Waals surface area contributed by atoms with E-state index in [1.807, 2.05) is 13.8 Å². The molecular formula is C16H16N2O3S. The summed E-state index contributed by atoms with van der Waals surface area (Å²) in [4.78, 5) is 27.0. The Kier molecular flexibility index (Phi) is 3.41. The van der Waals surface area contributed by atoms with Gasteiger partial charge in [-0.05, 0) is 37.6 Å². The first kappa shape index (κ1) is 14.6. The van der Waals surface area contributed by atoms with E-state index in [4.69, 9.17) is 10.5 Å². The lowest BCUT2D eigenvalue weighted by atomic mass is 10.00. The zero-order valence-corrected chi connectivity index (χ0v) is 13.4. The normalized spacial score (nSPS) is 13.8. The minimum atomic E-state index is -0.140. The number of thiophene rings is 1. The van der Waals surface area contributed by atoms with E-state index >= 15 is 0 Å². The lowest BCUT2D eigenvalue weighted by molar-refractivity contribution is -0.120. The Labute approximate surface area is 132 Å². The van der Waals surface area contributed by atoms with Gasteiger partial charge in [0.25, 0.3) is 5.91 Å². The number of hydrogen-bond acceptors (Lipinski definition) is 5. The molecule has 3 rings (SSSR count). The molecule has 0 bridgehead atoms. The van der Waals surface area contributed by atoms with E-state index in [0.29, 0.717) is 27.6 Å². The first-order chi connectivity index (χ1) is 10.4. The number of ketones is 1. The summed E-state index contributed by atoms with van der Waals surface area (Å²) >= 11 is 1.42. The molecule has 1 amide bonds. The van der Waals surface area contributed by atoms with Gasteiger partial charge >= 0.3 is 0 Å². The van der Waals surface area contributed by atoms with Crippen LogP contribution in [0, 0.1) is 13.8 Å². The van der Waals surface area contributed by atoms with Crippen molar-refractivity contribution in [2.75, 3.05) is 24.3 Å². The molecule has 1 aromatic carbocycles. The second-order valence-corrected chi connectivity index (χ2v) is 6.53. The van der Waals surface area contributed by atoms with Crippen molar-refractivity contribution in [3.63, 3.8) is 0 Å². The summed E-state index contributed by atoms with van der Waals surface area (Å²) in [6, 6.07) is 5.10. The molecule has 1 aromatic heterocycles. The molecule has 5 nitrogen and oxygen atoms in total. The predicted molar refractivity (Wildman–Crippen MR) is 87.0 cm³/mol. The van der Waals surface area contributed by atoms with Crippen molar-refractivity contribution >= 4 is 33.7 Å². The number of nitrogen functional groups attached to an aromatic ring is 1. The molecule has 1 aliphatic rings. The third kappa shape index (κ3) is 2.16. The molecule has 114 valence electrons. The van der Waals surface area contributed by atoms with Crippen molar-refractivity contribution in [3.8, 4) is 5.75 Å². The average Bonchev–Trinajstić information content (AvgIpc) is 2.75. The molecule has 0 saturated heterocycles. The van der Waals surface area contributed by atoms with Crippen LogP contribution in [-0.4, -0.2) is 25.3 Å². The molecule has 6 heteroatoms. The summed E-state index contributed by atoms with van der Waals surface area (Å²) in [6.07, 6.45) is 0. The lowest BCUT2D eigenvalue weighted by Crippen LogP contribution is -2.35.